The van der Waals surface area contributed by atoms with Crippen molar-refractivity contribution in [2.24, 2.45) is 10.9 Å². The van der Waals surface area contributed by atoms with Gasteiger partial charge in [-0.2, -0.15) is 0 Å². The number of hydrogen-bond acceptors (Lipinski definition) is 4. The summed E-state index contributed by atoms with van der Waals surface area (Å²) in [4.78, 5) is 8.04. The molecule has 0 aliphatic carbocycles. The maximum absolute atomic E-state index is 6.00. The number of halogens is 1. The van der Waals surface area contributed by atoms with Crippen LogP contribution in [-0.4, -0.2) is 57.4 Å². The maximum Gasteiger partial charge on any atom is 0.193 e. The highest BCUT2D eigenvalue weighted by Gasteiger charge is 2.15. The van der Waals surface area contributed by atoms with Crippen LogP contribution in [0.25, 0.3) is 0 Å². The first-order chi connectivity index (χ1) is 11.7. The minimum atomic E-state index is 0.578. The Morgan fingerprint density at radius 1 is 1.54 bits per heavy atom. The molecule has 0 bridgehead atoms. The number of aliphatic imine (C=N–C) groups is 1. The molecule has 1 N–H and O–H groups in total. The maximum atomic E-state index is 6.00. The Balaban J connectivity index is 1.68. The predicted molar refractivity (Wildman–Crippen MR) is 101 cm³/mol. The summed E-state index contributed by atoms with van der Waals surface area (Å²) in [7, 11) is 2.05. The molecular weight excluding hydrogens is 346 g/mol. The Labute approximate surface area is 154 Å². The molecule has 1 aliphatic heterocycles. The van der Waals surface area contributed by atoms with Crippen LogP contribution in [0.15, 0.2) is 17.1 Å². The number of nitrogens with one attached hydrogen (secondary N) is 1. The van der Waals surface area contributed by atoms with E-state index < -0.39 is 0 Å². The van der Waals surface area contributed by atoms with Gasteiger partial charge in [-0.25, -0.2) is 0 Å². The second-order valence-corrected chi connectivity index (χ2v) is 7.76. The van der Waals surface area contributed by atoms with E-state index in [1.54, 1.807) is 11.3 Å². The third kappa shape index (κ3) is 6.97. The second kappa shape index (κ2) is 10.9. The van der Waals surface area contributed by atoms with Crippen molar-refractivity contribution in [3.05, 3.63) is 21.3 Å². The van der Waals surface area contributed by atoms with Crippen LogP contribution in [-0.2, 0) is 16.0 Å². The topological polar surface area (TPSA) is 46.1 Å². The first-order valence-corrected chi connectivity index (χ1v) is 9.77. The summed E-state index contributed by atoms with van der Waals surface area (Å²) in [6.45, 7) is 7.80. The van der Waals surface area contributed by atoms with Crippen molar-refractivity contribution in [2.75, 3.05) is 46.6 Å². The average molecular weight is 374 g/mol. The quantitative estimate of drug-likeness (QED) is 0.410. The van der Waals surface area contributed by atoms with Gasteiger partial charge in [-0.05, 0) is 31.9 Å². The minimum absolute atomic E-state index is 0.578. The summed E-state index contributed by atoms with van der Waals surface area (Å²) in [6, 6.07) is 4.00. The summed E-state index contributed by atoms with van der Waals surface area (Å²) in [6.07, 6.45) is 2.06. The van der Waals surface area contributed by atoms with E-state index >= 15 is 0 Å². The fourth-order valence-corrected chi connectivity index (χ4v) is 3.67. The van der Waals surface area contributed by atoms with Crippen molar-refractivity contribution in [3.8, 4) is 0 Å². The molecule has 0 radical (unpaired) electrons. The zero-order valence-electron chi connectivity index (χ0n) is 14.6. The Kier molecular flexibility index (Phi) is 8.88. The van der Waals surface area contributed by atoms with Gasteiger partial charge in [0.2, 0.25) is 0 Å². The van der Waals surface area contributed by atoms with Crippen LogP contribution in [0.4, 0.5) is 0 Å². The Morgan fingerprint density at radius 3 is 3.08 bits per heavy atom. The van der Waals surface area contributed by atoms with E-state index in [0.717, 1.165) is 69.2 Å². The lowest BCUT2D eigenvalue weighted by molar-refractivity contribution is 0.0893. The third-order valence-electron chi connectivity index (χ3n) is 3.80. The highest BCUT2D eigenvalue weighted by Crippen LogP contribution is 2.22. The first kappa shape index (κ1) is 19.5. The molecule has 0 aromatic carbocycles. The summed E-state index contributed by atoms with van der Waals surface area (Å²) >= 11 is 7.61. The summed E-state index contributed by atoms with van der Waals surface area (Å²) in [5, 5.41) is 3.34. The summed E-state index contributed by atoms with van der Waals surface area (Å²) in [5.74, 6) is 1.50. The van der Waals surface area contributed by atoms with E-state index in [-0.39, 0.29) is 0 Å². The van der Waals surface area contributed by atoms with Crippen LogP contribution in [0.1, 0.15) is 24.6 Å². The van der Waals surface area contributed by atoms with Gasteiger partial charge in [0.15, 0.2) is 5.96 Å². The molecule has 1 saturated heterocycles. The van der Waals surface area contributed by atoms with Crippen molar-refractivity contribution < 1.29 is 9.47 Å². The zero-order valence-corrected chi connectivity index (χ0v) is 16.2. The Bertz CT molecular complexity index is 504. The van der Waals surface area contributed by atoms with Gasteiger partial charge in [-0.1, -0.05) is 11.6 Å². The van der Waals surface area contributed by atoms with Crippen molar-refractivity contribution in [2.45, 2.75) is 26.3 Å². The summed E-state index contributed by atoms with van der Waals surface area (Å²) < 4.78 is 11.9. The molecule has 2 rings (SSSR count). The molecule has 2 heterocycles. The molecule has 1 fully saturated rings. The Hall–Kier alpha value is -0.820. The fraction of sp³-hybridized carbons (Fsp3) is 0.706. The van der Waals surface area contributed by atoms with Crippen LogP contribution < -0.4 is 5.32 Å². The van der Waals surface area contributed by atoms with Crippen molar-refractivity contribution in [3.63, 3.8) is 0 Å². The molecule has 5 nitrogen and oxygen atoms in total. The monoisotopic (exact) mass is 373 g/mol. The highest BCUT2D eigenvalue weighted by molar-refractivity contribution is 7.16. The number of nitrogens with zero attached hydrogens (tertiary/aromatic N) is 2. The lowest BCUT2D eigenvalue weighted by Crippen LogP contribution is -2.38. The fourth-order valence-electron chi connectivity index (χ4n) is 2.53. The van der Waals surface area contributed by atoms with Gasteiger partial charge in [-0.15, -0.1) is 11.3 Å². The molecule has 1 unspecified atom stereocenters. The number of thiophene rings is 1. The molecule has 0 saturated carbocycles. The summed E-state index contributed by atoms with van der Waals surface area (Å²) in [5.41, 5.74) is 0. The van der Waals surface area contributed by atoms with Crippen LogP contribution in [0.3, 0.4) is 0 Å². The van der Waals surface area contributed by atoms with Gasteiger partial charge < -0.3 is 19.7 Å². The average Bonchev–Trinajstić information content (AvgIpc) is 3.21. The first-order valence-electron chi connectivity index (χ1n) is 8.58. The minimum Gasteiger partial charge on any atom is -0.381 e. The molecule has 1 aromatic rings. The standard InChI is InChI=1S/C17H28ClN3O2S/c1-3-19-17(21(2)11-15-5-6-16(18)24-15)20-8-4-9-22-12-14-7-10-23-13-14/h5-6,14H,3-4,7-13H2,1-2H3,(H,19,20). The second-order valence-electron chi connectivity index (χ2n) is 5.96. The largest absolute Gasteiger partial charge is 0.381 e. The van der Waals surface area contributed by atoms with Gasteiger partial charge in [0.1, 0.15) is 0 Å². The van der Waals surface area contributed by atoms with E-state index in [2.05, 4.69) is 28.2 Å². The molecular formula is C17H28ClN3O2S. The van der Waals surface area contributed by atoms with E-state index in [0.29, 0.717) is 5.92 Å². The van der Waals surface area contributed by atoms with Crippen LogP contribution in [0.2, 0.25) is 4.34 Å². The van der Waals surface area contributed by atoms with Gasteiger partial charge in [-0.3, -0.25) is 4.99 Å². The van der Waals surface area contributed by atoms with Gasteiger partial charge in [0.25, 0.3) is 0 Å². The number of guanidine groups is 1. The van der Waals surface area contributed by atoms with Crippen LogP contribution in [0, 0.1) is 5.92 Å². The molecule has 7 heteroatoms. The highest BCUT2D eigenvalue weighted by atomic mass is 35.5. The van der Waals surface area contributed by atoms with Crippen molar-refractivity contribution >= 4 is 28.9 Å². The molecule has 0 spiro atoms. The lowest BCUT2D eigenvalue weighted by atomic mass is 10.1. The van der Waals surface area contributed by atoms with E-state index in [1.807, 2.05) is 13.1 Å². The number of ether oxygens (including phenoxy) is 2. The molecule has 1 atom stereocenters. The van der Waals surface area contributed by atoms with E-state index in [9.17, 15) is 0 Å². The molecule has 1 aliphatic rings. The molecule has 0 amide bonds. The predicted octanol–water partition coefficient (Wildman–Crippen LogP) is 3.24. The van der Waals surface area contributed by atoms with Crippen molar-refractivity contribution in [1.82, 2.24) is 10.2 Å². The number of rotatable bonds is 9. The van der Waals surface area contributed by atoms with Gasteiger partial charge in [0, 0.05) is 44.1 Å². The van der Waals surface area contributed by atoms with Crippen LogP contribution in [0.5, 0.6) is 0 Å². The molecule has 136 valence electrons. The molecule has 24 heavy (non-hydrogen) atoms. The number of hydrogen-bond donors (Lipinski definition) is 1. The van der Waals surface area contributed by atoms with E-state index in [1.165, 1.54) is 4.88 Å². The lowest BCUT2D eigenvalue weighted by Gasteiger charge is -2.21. The Morgan fingerprint density at radius 2 is 2.42 bits per heavy atom. The third-order valence-corrected chi connectivity index (χ3v) is 5.02. The molecule has 1 aromatic heterocycles. The van der Waals surface area contributed by atoms with Gasteiger partial charge in [0.05, 0.1) is 24.1 Å². The normalized spacial score (nSPS) is 18.1. The van der Waals surface area contributed by atoms with E-state index in [4.69, 9.17) is 21.1 Å². The SMILES string of the molecule is CCNC(=NCCCOCC1CCOC1)N(C)Cc1ccc(Cl)s1. The van der Waals surface area contributed by atoms with Crippen LogP contribution >= 0.6 is 22.9 Å². The van der Waals surface area contributed by atoms with Gasteiger partial charge >= 0.3 is 0 Å². The zero-order chi connectivity index (χ0) is 17.2. The van der Waals surface area contributed by atoms with Crippen molar-refractivity contribution in [1.29, 1.82) is 0 Å². The smallest absolute Gasteiger partial charge is 0.193 e.